The number of rotatable bonds is 5. The van der Waals surface area contributed by atoms with Gasteiger partial charge in [-0.15, -0.1) is 0 Å². The quantitative estimate of drug-likeness (QED) is 0.795. The number of aryl methyl sites for hydroxylation is 1. The molecule has 0 spiro atoms. The van der Waals surface area contributed by atoms with Gasteiger partial charge in [0, 0.05) is 5.56 Å². The molecule has 1 aromatic carbocycles. The summed E-state index contributed by atoms with van der Waals surface area (Å²) < 4.78 is 10.7. The number of methoxy groups -OCH3 is 1. The molecular formula is C12H19NO3. The van der Waals surface area contributed by atoms with Crippen molar-refractivity contribution < 1.29 is 14.6 Å². The van der Waals surface area contributed by atoms with Crippen LogP contribution in [0.25, 0.3) is 0 Å². The predicted molar refractivity (Wildman–Crippen MR) is 62.9 cm³/mol. The van der Waals surface area contributed by atoms with E-state index in [1.165, 1.54) is 0 Å². The maximum absolute atomic E-state index is 9.08. The Kier molecular flexibility index (Phi) is 4.58. The lowest BCUT2D eigenvalue weighted by molar-refractivity contribution is 0.263. The molecule has 1 atom stereocenters. The molecule has 0 bridgehead atoms. The zero-order valence-electron chi connectivity index (χ0n) is 9.99. The van der Waals surface area contributed by atoms with E-state index in [1.54, 1.807) is 7.11 Å². The third-order valence-electron chi connectivity index (χ3n) is 2.42. The van der Waals surface area contributed by atoms with Crippen LogP contribution in [0, 0.1) is 6.92 Å². The molecule has 0 saturated heterocycles. The second kappa shape index (κ2) is 5.72. The van der Waals surface area contributed by atoms with E-state index < -0.39 is 6.04 Å². The van der Waals surface area contributed by atoms with Crippen molar-refractivity contribution in [2.24, 2.45) is 5.73 Å². The minimum Gasteiger partial charge on any atom is -0.496 e. The second-order valence-corrected chi connectivity index (χ2v) is 3.58. The van der Waals surface area contributed by atoms with Gasteiger partial charge in [0.1, 0.15) is 11.5 Å². The van der Waals surface area contributed by atoms with E-state index in [0.29, 0.717) is 12.4 Å². The van der Waals surface area contributed by atoms with Gasteiger partial charge < -0.3 is 20.3 Å². The van der Waals surface area contributed by atoms with Crippen LogP contribution in [0.1, 0.15) is 24.1 Å². The number of hydrogen-bond donors (Lipinski definition) is 2. The van der Waals surface area contributed by atoms with Crippen molar-refractivity contribution >= 4 is 0 Å². The lowest BCUT2D eigenvalue weighted by atomic mass is 10.0. The Balaban J connectivity index is 3.17. The summed E-state index contributed by atoms with van der Waals surface area (Å²) >= 11 is 0. The Hall–Kier alpha value is -1.26. The molecule has 1 aromatic rings. The minimum absolute atomic E-state index is 0.120. The van der Waals surface area contributed by atoms with Gasteiger partial charge in [0.15, 0.2) is 0 Å². The average Bonchev–Trinajstić information content (AvgIpc) is 2.30. The highest BCUT2D eigenvalue weighted by Gasteiger charge is 2.14. The lowest BCUT2D eigenvalue weighted by Crippen LogP contribution is -2.16. The molecule has 16 heavy (non-hydrogen) atoms. The molecule has 4 nitrogen and oxygen atoms in total. The van der Waals surface area contributed by atoms with Gasteiger partial charge in [0.25, 0.3) is 0 Å². The van der Waals surface area contributed by atoms with Crippen LogP contribution < -0.4 is 15.2 Å². The zero-order valence-corrected chi connectivity index (χ0v) is 9.99. The topological polar surface area (TPSA) is 64.7 Å². The largest absolute Gasteiger partial charge is 0.496 e. The molecule has 0 fully saturated rings. The third-order valence-corrected chi connectivity index (χ3v) is 2.42. The molecule has 0 aliphatic carbocycles. The van der Waals surface area contributed by atoms with Crippen LogP contribution in [0.3, 0.4) is 0 Å². The van der Waals surface area contributed by atoms with Gasteiger partial charge in [-0.1, -0.05) is 0 Å². The SMILES string of the molecule is CCOc1cc(C(N)CO)c(OC)cc1C. The number of aliphatic hydroxyl groups is 1. The number of aliphatic hydroxyl groups excluding tert-OH is 1. The molecule has 0 aliphatic rings. The summed E-state index contributed by atoms with van der Waals surface area (Å²) in [5.74, 6) is 1.46. The summed E-state index contributed by atoms with van der Waals surface area (Å²) in [6.45, 7) is 4.35. The van der Waals surface area contributed by atoms with Crippen molar-refractivity contribution in [3.8, 4) is 11.5 Å². The molecule has 0 aromatic heterocycles. The molecule has 0 saturated carbocycles. The van der Waals surface area contributed by atoms with Crippen molar-refractivity contribution in [1.29, 1.82) is 0 Å². The summed E-state index contributed by atoms with van der Waals surface area (Å²) in [4.78, 5) is 0. The van der Waals surface area contributed by atoms with Gasteiger partial charge in [-0.3, -0.25) is 0 Å². The molecule has 90 valence electrons. The normalized spacial score (nSPS) is 12.3. The number of hydrogen-bond acceptors (Lipinski definition) is 4. The summed E-state index contributed by atoms with van der Waals surface area (Å²) in [5.41, 5.74) is 7.56. The van der Waals surface area contributed by atoms with Crippen LogP contribution in [0.5, 0.6) is 11.5 Å². The molecule has 0 radical (unpaired) electrons. The van der Waals surface area contributed by atoms with Crippen molar-refractivity contribution in [2.75, 3.05) is 20.3 Å². The molecule has 1 rings (SSSR count). The van der Waals surface area contributed by atoms with Crippen molar-refractivity contribution in [1.82, 2.24) is 0 Å². The predicted octanol–water partition coefficient (Wildman–Crippen LogP) is 1.39. The Bertz CT molecular complexity index is 352. The lowest BCUT2D eigenvalue weighted by Gasteiger charge is -2.17. The van der Waals surface area contributed by atoms with E-state index in [9.17, 15) is 0 Å². The van der Waals surface area contributed by atoms with E-state index in [0.717, 1.165) is 16.9 Å². The fourth-order valence-electron chi connectivity index (χ4n) is 1.55. The first-order chi connectivity index (χ1) is 7.63. The van der Waals surface area contributed by atoms with Crippen LogP contribution in [-0.4, -0.2) is 25.4 Å². The van der Waals surface area contributed by atoms with Crippen LogP contribution in [0.15, 0.2) is 12.1 Å². The molecule has 3 N–H and O–H groups in total. The minimum atomic E-state index is -0.449. The van der Waals surface area contributed by atoms with Crippen LogP contribution in [-0.2, 0) is 0 Å². The Morgan fingerprint density at radius 3 is 2.56 bits per heavy atom. The zero-order chi connectivity index (χ0) is 12.1. The summed E-state index contributed by atoms with van der Waals surface area (Å²) in [5, 5.41) is 9.08. The van der Waals surface area contributed by atoms with Crippen molar-refractivity contribution in [3.63, 3.8) is 0 Å². The van der Waals surface area contributed by atoms with Crippen LogP contribution in [0.2, 0.25) is 0 Å². The van der Waals surface area contributed by atoms with Gasteiger partial charge >= 0.3 is 0 Å². The summed E-state index contributed by atoms with van der Waals surface area (Å²) in [7, 11) is 1.59. The molecule has 1 unspecified atom stereocenters. The van der Waals surface area contributed by atoms with E-state index >= 15 is 0 Å². The molecule has 0 amide bonds. The molecule has 0 aliphatic heterocycles. The Morgan fingerprint density at radius 2 is 2.06 bits per heavy atom. The van der Waals surface area contributed by atoms with E-state index in [1.807, 2.05) is 26.0 Å². The highest BCUT2D eigenvalue weighted by Crippen LogP contribution is 2.31. The number of nitrogens with two attached hydrogens (primary N) is 1. The molecular weight excluding hydrogens is 206 g/mol. The van der Waals surface area contributed by atoms with Crippen LogP contribution in [0.4, 0.5) is 0 Å². The van der Waals surface area contributed by atoms with Gasteiger partial charge in [-0.25, -0.2) is 0 Å². The van der Waals surface area contributed by atoms with Crippen molar-refractivity contribution in [2.45, 2.75) is 19.9 Å². The Labute approximate surface area is 96.0 Å². The van der Waals surface area contributed by atoms with E-state index in [-0.39, 0.29) is 6.61 Å². The maximum atomic E-state index is 9.08. The first-order valence-corrected chi connectivity index (χ1v) is 5.31. The first kappa shape index (κ1) is 12.8. The fourth-order valence-corrected chi connectivity index (χ4v) is 1.55. The fraction of sp³-hybridized carbons (Fsp3) is 0.500. The molecule has 4 heteroatoms. The second-order valence-electron chi connectivity index (χ2n) is 3.58. The average molecular weight is 225 g/mol. The smallest absolute Gasteiger partial charge is 0.124 e. The number of benzene rings is 1. The third kappa shape index (κ3) is 2.65. The highest BCUT2D eigenvalue weighted by atomic mass is 16.5. The number of ether oxygens (including phenoxy) is 2. The summed E-state index contributed by atoms with van der Waals surface area (Å²) in [6.07, 6.45) is 0. The van der Waals surface area contributed by atoms with Crippen LogP contribution >= 0.6 is 0 Å². The standard InChI is InChI=1S/C12H19NO3/c1-4-16-11-6-9(10(13)7-14)12(15-3)5-8(11)2/h5-6,10,14H,4,7,13H2,1-3H3. The van der Waals surface area contributed by atoms with Gasteiger partial charge in [0.2, 0.25) is 0 Å². The Morgan fingerprint density at radius 1 is 1.38 bits per heavy atom. The van der Waals surface area contributed by atoms with Gasteiger partial charge in [0.05, 0.1) is 26.4 Å². The molecule has 0 heterocycles. The van der Waals surface area contributed by atoms with E-state index in [4.69, 9.17) is 20.3 Å². The van der Waals surface area contributed by atoms with E-state index in [2.05, 4.69) is 0 Å². The van der Waals surface area contributed by atoms with Crippen molar-refractivity contribution in [3.05, 3.63) is 23.3 Å². The van der Waals surface area contributed by atoms with Gasteiger partial charge in [-0.2, -0.15) is 0 Å². The van der Waals surface area contributed by atoms with Gasteiger partial charge in [-0.05, 0) is 31.5 Å². The first-order valence-electron chi connectivity index (χ1n) is 5.31. The highest BCUT2D eigenvalue weighted by molar-refractivity contribution is 5.47. The monoisotopic (exact) mass is 225 g/mol. The summed E-state index contributed by atoms with van der Waals surface area (Å²) in [6, 6.07) is 3.25. The maximum Gasteiger partial charge on any atom is 0.124 e.